The van der Waals surface area contributed by atoms with Crippen molar-refractivity contribution in [3.8, 4) is 18.1 Å². The number of hydrogen-bond donors (Lipinski definition) is 1. The maximum atomic E-state index is 12.8. The Balaban J connectivity index is 1.54. The van der Waals surface area contributed by atoms with Gasteiger partial charge in [-0.2, -0.15) is 0 Å². The zero-order chi connectivity index (χ0) is 20.6. The highest BCUT2D eigenvalue weighted by atomic mass is 16.5. The minimum Gasteiger partial charge on any atom is -0.481 e. The number of hydrogen-bond acceptors (Lipinski definition) is 4. The van der Waals surface area contributed by atoms with Crippen LogP contribution in [0.15, 0.2) is 48.5 Å². The van der Waals surface area contributed by atoms with E-state index in [4.69, 9.17) is 15.9 Å². The molecule has 0 aliphatic carbocycles. The van der Waals surface area contributed by atoms with Crippen molar-refractivity contribution in [2.75, 3.05) is 19.7 Å². The Labute approximate surface area is 173 Å². The van der Waals surface area contributed by atoms with Crippen LogP contribution in [0, 0.1) is 12.3 Å². The van der Waals surface area contributed by atoms with E-state index in [1.807, 2.05) is 67.3 Å². The molecule has 3 rings (SSSR count). The van der Waals surface area contributed by atoms with Gasteiger partial charge in [0.15, 0.2) is 0 Å². The van der Waals surface area contributed by atoms with Crippen LogP contribution in [0.4, 0.5) is 0 Å². The summed E-state index contributed by atoms with van der Waals surface area (Å²) in [6.07, 6.45) is 5.41. The summed E-state index contributed by atoms with van der Waals surface area (Å²) in [5, 5.41) is 3.41. The Morgan fingerprint density at radius 1 is 1.14 bits per heavy atom. The second-order valence-corrected chi connectivity index (χ2v) is 7.37. The molecule has 1 aliphatic rings. The molecule has 0 bridgehead atoms. The molecule has 152 valence electrons. The maximum Gasteiger partial charge on any atom is 0.254 e. The maximum absolute atomic E-state index is 12.8. The van der Waals surface area contributed by atoms with E-state index in [-0.39, 0.29) is 24.7 Å². The molecule has 0 aromatic heterocycles. The fourth-order valence-corrected chi connectivity index (χ4v) is 3.54. The van der Waals surface area contributed by atoms with Crippen molar-refractivity contribution in [2.24, 2.45) is 0 Å². The highest BCUT2D eigenvalue weighted by molar-refractivity contribution is 5.94. The van der Waals surface area contributed by atoms with Gasteiger partial charge < -0.3 is 19.7 Å². The van der Waals surface area contributed by atoms with Crippen LogP contribution in [0.3, 0.4) is 0 Å². The Hall–Kier alpha value is -2.81. The number of terminal acetylenes is 1. The van der Waals surface area contributed by atoms with Crippen LogP contribution in [-0.2, 0) is 17.8 Å². The standard InChI is InChI=1S/C24H28N2O3/c1-4-13-28-23-8-6-5-7-22(23)15-25-14-20-9-11-21(12-10-20)24(27)26-16-18(2)29-19(3)17-26/h1,5-12,18-19,25H,13-17H2,2-3H3. The molecule has 0 saturated carbocycles. The van der Waals surface area contributed by atoms with Crippen LogP contribution >= 0.6 is 0 Å². The van der Waals surface area contributed by atoms with Crippen LogP contribution in [0.1, 0.15) is 35.3 Å². The Morgan fingerprint density at radius 3 is 2.52 bits per heavy atom. The molecular weight excluding hydrogens is 364 g/mol. The molecule has 29 heavy (non-hydrogen) atoms. The van der Waals surface area contributed by atoms with Gasteiger partial charge in [-0.15, -0.1) is 6.42 Å². The molecule has 0 spiro atoms. The molecule has 2 aromatic rings. The number of ether oxygens (including phenoxy) is 2. The fourth-order valence-electron chi connectivity index (χ4n) is 3.54. The molecule has 5 heteroatoms. The molecule has 1 fully saturated rings. The first-order valence-electron chi connectivity index (χ1n) is 9.95. The van der Waals surface area contributed by atoms with Crippen molar-refractivity contribution in [1.82, 2.24) is 10.2 Å². The van der Waals surface area contributed by atoms with Gasteiger partial charge in [-0.25, -0.2) is 0 Å². The average molecular weight is 392 g/mol. The summed E-state index contributed by atoms with van der Waals surface area (Å²) in [7, 11) is 0. The van der Waals surface area contributed by atoms with E-state index >= 15 is 0 Å². The first kappa shape index (κ1) is 20.9. The van der Waals surface area contributed by atoms with Crippen molar-refractivity contribution < 1.29 is 14.3 Å². The molecule has 1 heterocycles. The number of nitrogens with one attached hydrogen (secondary N) is 1. The first-order chi connectivity index (χ1) is 14.1. The molecule has 1 N–H and O–H groups in total. The van der Waals surface area contributed by atoms with Gasteiger partial charge in [-0.05, 0) is 37.6 Å². The average Bonchev–Trinajstić information content (AvgIpc) is 2.72. The number of carbonyl (C=O) groups is 1. The fraction of sp³-hybridized carbons (Fsp3) is 0.375. The van der Waals surface area contributed by atoms with Crippen molar-refractivity contribution in [3.63, 3.8) is 0 Å². The van der Waals surface area contributed by atoms with E-state index in [1.54, 1.807) is 0 Å². The third-order valence-electron chi connectivity index (χ3n) is 4.84. The molecular formula is C24H28N2O3. The SMILES string of the molecule is C#CCOc1ccccc1CNCc1ccc(C(=O)N2CC(C)OC(C)C2)cc1. The third kappa shape index (κ3) is 5.83. The normalized spacial score (nSPS) is 18.9. The van der Waals surface area contributed by atoms with Gasteiger partial charge in [-0.1, -0.05) is 36.3 Å². The van der Waals surface area contributed by atoms with Gasteiger partial charge in [0.2, 0.25) is 0 Å². The minimum atomic E-state index is 0.0612. The zero-order valence-corrected chi connectivity index (χ0v) is 17.1. The van der Waals surface area contributed by atoms with Crippen LogP contribution < -0.4 is 10.1 Å². The van der Waals surface area contributed by atoms with E-state index in [9.17, 15) is 4.79 Å². The highest BCUT2D eigenvalue weighted by Gasteiger charge is 2.26. The predicted molar refractivity (Wildman–Crippen MR) is 114 cm³/mol. The largest absolute Gasteiger partial charge is 0.481 e. The van der Waals surface area contributed by atoms with E-state index in [0.717, 1.165) is 16.9 Å². The van der Waals surface area contributed by atoms with Crippen LogP contribution in [0.2, 0.25) is 0 Å². The summed E-state index contributed by atoms with van der Waals surface area (Å²) in [4.78, 5) is 14.6. The number of nitrogens with zero attached hydrogens (tertiary/aromatic N) is 1. The highest BCUT2D eigenvalue weighted by Crippen LogP contribution is 2.18. The monoisotopic (exact) mass is 392 g/mol. The number of benzene rings is 2. The van der Waals surface area contributed by atoms with Crippen molar-refractivity contribution in [1.29, 1.82) is 0 Å². The molecule has 5 nitrogen and oxygen atoms in total. The lowest BCUT2D eigenvalue weighted by Crippen LogP contribution is -2.48. The molecule has 1 saturated heterocycles. The molecule has 2 unspecified atom stereocenters. The van der Waals surface area contributed by atoms with Crippen molar-refractivity contribution in [2.45, 2.75) is 39.1 Å². The molecule has 1 aliphatic heterocycles. The van der Waals surface area contributed by atoms with Crippen LogP contribution in [-0.4, -0.2) is 42.7 Å². The lowest BCUT2D eigenvalue weighted by Gasteiger charge is -2.35. The summed E-state index contributed by atoms with van der Waals surface area (Å²) in [6.45, 7) is 6.89. The number of morpholine rings is 1. The lowest BCUT2D eigenvalue weighted by molar-refractivity contribution is -0.0586. The van der Waals surface area contributed by atoms with Gasteiger partial charge >= 0.3 is 0 Å². The molecule has 0 radical (unpaired) electrons. The number of rotatable bonds is 7. The first-order valence-corrected chi connectivity index (χ1v) is 9.95. The number of amides is 1. The van der Waals surface area contributed by atoms with Gasteiger partial charge in [0, 0.05) is 37.3 Å². The summed E-state index contributed by atoms with van der Waals surface area (Å²) in [5.41, 5.74) is 2.89. The van der Waals surface area contributed by atoms with E-state index in [2.05, 4.69) is 11.2 Å². The lowest BCUT2D eigenvalue weighted by atomic mass is 10.1. The minimum absolute atomic E-state index is 0.0612. The second kappa shape index (κ2) is 10.1. The summed E-state index contributed by atoms with van der Waals surface area (Å²) in [5.74, 6) is 3.35. The summed E-state index contributed by atoms with van der Waals surface area (Å²) in [6, 6.07) is 15.6. The predicted octanol–water partition coefficient (Wildman–Crippen LogP) is 3.24. The van der Waals surface area contributed by atoms with E-state index in [1.165, 1.54) is 0 Å². The Morgan fingerprint density at radius 2 is 1.83 bits per heavy atom. The van der Waals surface area contributed by atoms with Gasteiger partial charge in [0.1, 0.15) is 12.4 Å². The second-order valence-electron chi connectivity index (χ2n) is 7.37. The molecule has 2 atom stereocenters. The summed E-state index contributed by atoms with van der Waals surface area (Å²) >= 11 is 0. The van der Waals surface area contributed by atoms with E-state index in [0.29, 0.717) is 31.7 Å². The Bertz CT molecular complexity index is 847. The van der Waals surface area contributed by atoms with Gasteiger partial charge in [0.25, 0.3) is 5.91 Å². The van der Waals surface area contributed by atoms with Crippen molar-refractivity contribution >= 4 is 5.91 Å². The summed E-state index contributed by atoms with van der Waals surface area (Å²) < 4.78 is 11.3. The number of para-hydroxylation sites is 1. The quantitative estimate of drug-likeness (QED) is 0.735. The smallest absolute Gasteiger partial charge is 0.254 e. The Kier molecular flexibility index (Phi) is 7.29. The topological polar surface area (TPSA) is 50.8 Å². The van der Waals surface area contributed by atoms with Crippen LogP contribution in [0.25, 0.3) is 0 Å². The van der Waals surface area contributed by atoms with E-state index < -0.39 is 0 Å². The zero-order valence-electron chi connectivity index (χ0n) is 17.1. The molecule has 1 amide bonds. The van der Waals surface area contributed by atoms with Gasteiger partial charge in [0.05, 0.1) is 12.2 Å². The van der Waals surface area contributed by atoms with Gasteiger partial charge in [-0.3, -0.25) is 4.79 Å². The third-order valence-corrected chi connectivity index (χ3v) is 4.84. The number of carbonyl (C=O) groups excluding carboxylic acids is 1. The van der Waals surface area contributed by atoms with Crippen LogP contribution in [0.5, 0.6) is 5.75 Å². The molecule has 2 aromatic carbocycles. The van der Waals surface area contributed by atoms with Crippen molar-refractivity contribution in [3.05, 3.63) is 65.2 Å².